The first kappa shape index (κ1) is 16.4. The van der Waals surface area contributed by atoms with E-state index in [1.54, 1.807) is 0 Å². The number of fused-ring (bicyclic) bond motifs is 2. The molecular formula is C22H14N2O4. The van der Waals surface area contributed by atoms with Gasteiger partial charge in [0.25, 0.3) is 5.69 Å². The SMILES string of the molecule is O=C1C2c3ccccc3C(C(=O)N1c1ccc([N+](=O)[O-])cc1)c1ccccc12. The van der Waals surface area contributed by atoms with Crippen LogP contribution in [0.5, 0.6) is 0 Å². The third-order valence-electron chi connectivity index (χ3n) is 5.49. The molecular weight excluding hydrogens is 356 g/mol. The molecule has 2 bridgehead atoms. The van der Waals surface area contributed by atoms with Gasteiger partial charge in [-0.3, -0.25) is 19.7 Å². The third-order valence-corrected chi connectivity index (χ3v) is 5.49. The van der Waals surface area contributed by atoms with Crippen LogP contribution in [-0.4, -0.2) is 16.7 Å². The van der Waals surface area contributed by atoms with Crippen molar-refractivity contribution >= 4 is 23.2 Å². The van der Waals surface area contributed by atoms with Crippen LogP contribution < -0.4 is 4.90 Å². The van der Waals surface area contributed by atoms with Gasteiger partial charge in [0.15, 0.2) is 0 Å². The Hall–Kier alpha value is -3.80. The summed E-state index contributed by atoms with van der Waals surface area (Å²) in [6.45, 7) is 0. The maximum atomic E-state index is 13.5. The van der Waals surface area contributed by atoms with Crippen LogP contribution >= 0.6 is 0 Å². The first-order chi connectivity index (χ1) is 13.6. The van der Waals surface area contributed by atoms with E-state index in [1.165, 1.54) is 29.2 Å². The quantitative estimate of drug-likeness (QED) is 0.391. The third kappa shape index (κ3) is 2.15. The molecule has 136 valence electrons. The molecule has 0 unspecified atom stereocenters. The topological polar surface area (TPSA) is 80.5 Å². The van der Waals surface area contributed by atoms with Crippen molar-refractivity contribution in [2.75, 3.05) is 4.90 Å². The molecule has 0 saturated heterocycles. The Morgan fingerprint density at radius 1 is 0.679 bits per heavy atom. The smallest absolute Gasteiger partial charge is 0.269 e. The molecule has 2 aliphatic heterocycles. The van der Waals surface area contributed by atoms with Crippen molar-refractivity contribution in [1.29, 1.82) is 0 Å². The molecule has 0 spiro atoms. The minimum atomic E-state index is -0.578. The molecule has 0 saturated carbocycles. The molecule has 6 nitrogen and oxygen atoms in total. The van der Waals surface area contributed by atoms with Gasteiger partial charge in [-0.25, -0.2) is 4.90 Å². The number of nitro benzene ring substituents is 1. The van der Waals surface area contributed by atoms with E-state index >= 15 is 0 Å². The molecule has 0 aromatic heterocycles. The fourth-order valence-electron chi connectivity index (χ4n) is 4.29. The average Bonchev–Trinajstić information content (AvgIpc) is 2.87. The molecule has 1 aliphatic carbocycles. The zero-order valence-corrected chi connectivity index (χ0v) is 14.6. The highest BCUT2D eigenvalue weighted by Gasteiger charge is 2.48. The van der Waals surface area contributed by atoms with Crippen LogP contribution in [0, 0.1) is 10.1 Å². The number of anilines is 1. The molecule has 0 radical (unpaired) electrons. The van der Waals surface area contributed by atoms with Gasteiger partial charge in [0.1, 0.15) is 0 Å². The predicted molar refractivity (Wildman–Crippen MR) is 102 cm³/mol. The van der Waals surface area contributed by atoms with E-state index < -0.39 is 16.8 Å². The molecule has 3 aromatic rings. The van der Waals surface area contributed by atoms with Gasteiger partial charge in [0.2, 0.25) is 11.8 Å². The highest BCUT2D eigenvalue weighted by atomic mass is 16.6. The summed E-state index contributed by atoms with van der Waals surface area (Å²) in [5, 5.41) is 10.9. The Bertz CT molecular complexity index is 1040. The molecule has 2 heterocycles. The first-order valence-electron chi connectivity index (χ1n) is 8.88. The largest absolute Gasteiger partial charge is 0.273 e. The van der Waals surface area contributed by atoms with E-state index in [-0.39, 0.29) is 17.5 Å². The number of nitro groups is 1. The van der Waals surface area contributed by atoms with Crippen LogP contribution in [0.1, 0.15) is 34.1 Å². The normalized spacial score (nSPS) is 19.8. The minimum absolute atomic E-state index is 0.0898. The number of nitrogens with zero attached hydrogens (tertiary/aromatic N) is 2. The molecule has 28 heavy (non-hydrogen) atoms. The van der Waals surface area contributed by atoms with Gasteiger partial charge >= 0.3 is 0 Å². The maximum absolute atomic E-state index is 13.5. The fraction of sp³-hybridized carbons (Fsp3) is 0.0909. The number of benzene rings is 3. The van der Waals surface area contributed by atoms with E-state index in [2.05, 4.69) is 0 Å². The van der Waals surface area contributed by atoms with Crippen molar-refractivity contribution in [2.45, 2.75) is 11.8 Å². The van der Waals surface area contributed by atoms with Gasteiger partial charge in [-0.15, -0.1) is 0 Å². The van der Waals surface area contributed by atoms with Gasteiger partial charge in [0, 0.05) is 12.1 Å². The zero-order valence-electron chi connectivity index (χ0n) is 14.6. The second-order valence-electron chi connectivity index (χ2n) is 6.91. The Kier molecular flexibility index (Phi) is 3.42. The fourth-order valence-corrected chi connectivity index (χ4v) is 4.29. The lowest BCUT2D eigenvalue weighted by atomic mass is 9.73. The molecule has 0 atom stereocenters. The number of carbonyl (C=O) groups is 2. The Morgan fingerprint density at radius 3 is 1.43 bits per heavy atom. The van der Waals surface area contributed by atoms with Crippen molar-refractivity contribution in [3.63, 3.8) is 0 Å². The van der Waals surface area contributed by atoms with Crippen LogP contribution in [-0.2, 0) is 9.59 Å². The Balaban J connectivity index is 1.72. The van der Waals surface area contributed by atoms with Gasteiger partial charge in [-0.1, -0.05) is 48.5 Å². The minimum Gasteiger partial charge on any atom is -0.273 e. The summed E-state index contributed by atoms with van der Waals surface area (Å²) in [4.78, 5) is 38.7. The van der Waals surface area contributed by atoms with E-state index in [9.17, 15) is 19.7 Å². The summed E-state index contributed by atoms with van der Waals surface area (Å²) in [6, 6.07) is 20.6. The predicted octanol–water partition coefficient (Wildman–Crippen LogP) is 3.75. The first-order valence-corrected chi connectivity index (χ1v) is 8.88. The highest BCUT2D eigenvalue weighted by molar-refractivity contribution is 6.23. The summed E-state index contributed by atoms with van der Waals surface area (Å²) in [5.41, 5.74) is 3.62. The van der Waals surface area contributed by atoms with Crippen molar-refractivity contribution in [3.8, 4) is 0 Å². The molecule has 0 fully saturated rings. The summed E-state index contributed by atoms with van der Waals surface area (Å²) in [7, 11) is 0. The van der Waals surface area contributed by atoms with Crippen molar-refractivity contribution < 1.29 is 14.5 Å². The highest BCUT2D eigenvalue weighted by Crippen LogP contribution is 2.48. The molecule has 3 aromatic carbocycles. The second-order valence-corrected chi connectivity index (χ2v) is 6.91. The summed E-state index contributed by atoms with van der Waals surface area (Å²) in [6.07, 6.45) is 0. The maximum Gasteiger partial charge on any atom is 0.269 e. The molecule has 3 aliphatic rings. The standard InChI is InChI=1S/C22H14N2O4/c25-21-19-15-5-1-2-6-16(15)20(18-8-4-3-7-17(18)19)22(26)23(21)13-9-11-14(12-10-13)24(27)28/h1-12,19-20H. The van der Waals surface area contributed by atoms with Crippen molar-refractivity contribution in [1.82, 2.24) is 0 Å². The van der Waals surface area contributed by atoms with Gasteiger partial charge in [0.05, 0.1) is 22.4 Å². The van der Waals surface area contributed by atoms with Gasteiger partial charge in [-0.2, -0.15) is 0 Å². The van der Waals surface area contributed by atoms with Crippen LogP contribution in [0.25, 0.3) is 0 Å². The molecule has 0 N–H and O–H groups in total. The lowest BCUT2D eigenvalue weighted by molar-refractivity contribution is -0.384. The van der Waals surface area contributed by atoms with E-state index in [0.717, 1.165) is 22.3 Å². The summed E-state index contributed by atoms with van der Waals surface area (Å²) in [5.74, 6) is -1.83. The molecule has 2 amide bonds. The number of non-ortho nitro benzene ring substituents is 1. The van der Waals surface area contributed by atoms with Crippen LogP contribution in [0.15, 0.2) is 72.8 Å². The number of carbonyl (C=O) groups excluding carboxylic acids is 2. The van der Waals surface area contributed by atoms with Crippen molar-refractivity contribution in [3.05, 3.63) is 105 Å². The zero-order chi connectivity index (χ0) is 19.4. The second kappa shape index (κ2) is 5.85. The molecule has 6 rings (SSSR count). The average molecular weight is 370 g/mol. The van der Waals surface area contributed by atoms with Crippen LogP contribution in [0.4, 0.5) is 11.4 Å². The number of rotatable bonds is 2. The van der Waals surface area contributed by atoms with E-state index in [1.807, 2.05) is 48.5 Å². The van der Waals surface area contributed by atoms with E-state index in [0.29, 0.717) is 5.69 Å². The Morgan fingerprint density at radius 2 is 1.07 bits per heavy atom. The number of amides is 2. The summed E-state index contributed by atoms with van der Waals surface area (Å²) < 4.78 is 0. The molecule has 6 heteroatoms. The lowest BCUT2D eigenvalue weighted by Gasteiger charge is -2.27. The monoisotopic (exact) mass is 370 g/mol. The lowest BCUT2D eigenvalue weighted by Crippen LogP contribution is -2.38. The number of hydrogen-bond donors (Lipinski definition) is 0. The van der Waals surface area contributed by atoms with Gasteiger partial charge in [-0.05, 0) is 34.4 Å². The Labute approximate surface area is 160 Å². The van der Waals surface area contributed by atoms with Crippen LogP contribution in [0.3, 0.4) is 0 Å². The number of hydrogen-bond acceptors (Lipinski definition) is 4. The van der Waals surface area contributed by atoms with Crippen molar-refractivity contribution in [2.24, 2.45) is 0 Å². The van der Waals surface area contributed by atoms with Gasteiger partial charge < -0.3 is 0 Å². The van der Waals surface area contributed by atoms with Crippen LogP contribution in [0.2, 0.25) is 0 Å². The van der Waals surface area contributed by atoms with E-state index in [4.69, 9.17) is 0 Å². The number of imide groups is 1. The summed E-state index contributed by atoms with van der Waals surface area (Å²) >= 11 is 0.